The van der Waals surface area contributed by atoms with Crippen molar-refractivity contribution in [2.24, 2.45) is 0 Å². The number of carbonyl (C=O) groups excluding carboxylic acids is 2. The average Bonchev–Trinajstić information content (AvgIpc) is 3.31. The molecule has 12 heteroatoms. The number of benzene rings is 1. The number of hydrazine groups is 1. The van der Waals surface area contributed by atoms with Crippen LogP contribution in [0.4, 0.5) is 5.13 Å². The molecule has 2 amide bonds. The van der Waals surface area contributed by atoms with E-state index in [1.807, 2.05) is 4.90 Å². The smallest absolute Gasteiger partial charge is 0.289 e. The normalized spacial score (nSPS) is 13.7. The number of ether oxygens (including phenoxy) is 1. The van der Waals surface area contributed by atoms with Gasteiger partial charge < -0.3 is 14.6 Å². The molecule has 0 spiro atoms. The zero-order valence-electron chi connectivity index (χ0n) is 16.9. The number of aromatic nitrogens is 3. The van der Waals surface area contributed by atoms with Crippen molar-refractivity contribution in [3.05, 3.63) is 62.6 Å². The van der Waals surface area contributed by atoms with E-state index in [1.54, 1.807) is 11.5 Å². The Bertz CT molecular complexity index is 1310. The highest BCUT2D eigenvalue weighted by Gasteiger charge is 2.18. The third-order valence-corrected chi connectivity index (χ3v) is 6.08. The van der Waals surface area contributed by atoms with Gasteiger partial charge in [-0.1, -0.05) is 6.08 Å². The number of H-pyrrole nitrogens is 1. The second kappa shape index (κ2) is 9.42. The van der Waals surface area contributed by atoms with Gasteiger partial charge in [-0.2, -0.15) is 0 Å². The predicted octanol–water partition coefficient (Wildman–Crippen LogP) is 1.61. The van der Waals surface area contributed by atoms with Gasteiger partial charge in [-0.25, -0.2) is 4.98 Å². The molecule has 1 aliphatic heterocycles. The van der Waals surface area contributed by atoms with Gasteiger partial charge in [0.1, 0.15) is 5.69 Å². The number of hydrogen-bond donors (Lipinski definition) is 3. The second-order valence-electron chi connectivity index (χ2n) is 6.92. The number of thiazole rings is 1. The van der Waals surface area contributed by atoms with E-state index in [0.29, 0.717) is 24.1 Å². The van der Waals surface area contributed by atoms with Gasteiger partial charge in [0.2, 0.25) is 0 Å². The maximum Gasteiger partial charge on any atom is 0.289 e. The number of morpholine rings is 1. The summed E-state index contributed by atoms with van der Waals surface area (Å²) in [6, 6.07) is 4.54. The van der Waals surface area contributed by atoms with E-state index in [2.05, 4.69) is 27.4 Å². The zero-order chi connectivity index (χ0) is 22.7. The van der Waals surface area contributed by atoms with Crippen LogP contribution in [0.1, 0.15) is 20.8 Å². The van der Waals surface area contributed by atoms with Crippen LogP contribution in [-0.2, 0) is 11.3 Å². The van der Waals surface area contributed by atoms with Crippen LogP contribution >= 0.6 is 23.6 Å². The van der Waals surface area contributed by atoms with Gasteiger partial charge in [-0.05, 0) is 30.4 Å². The summed E-state index contributed by atoms with van der Waals surface area (Å²) in [5.41, 5.74) is 5.34. The summed E-state index contributed by atoms with van der Waals surface area (Å²) in [5, 5.41) is 2.76. The highest BCUT2D eigenvalue weighted by atomic mass is 32.1. The fourth-order valence-electron chi connectivity index (χ4n) is 3.21. The summed E-state index contributed by atoms with van der Waals surface area (Å²) in [6.07, 6.45) is 1.58. The summed E-state index contributed by atoms with van der Waals surface area (Å²) in [7, 11) is 0. The van der Waals surface area contributed by atoms with Crippen molar-refractivity contribution < 1.29 is 14.3 Å². The lowest BCUT2D eigenvalue weighted by Crippen LogP contribution is -2.42. The first kappa shape index (κ1) is 21.9. The highest BCUT2D eigenvalue weighted by Crippen LogP contribution is 2.21. The minimum Gasteiger partial charge on any atom is -0.378 e. The van der Waals surface area contributed by atoms with E-state index in [0.717, 1.165) is 18.2 Å². The molecule has 2 aromatic heterocycles. The van der Waals surface area contributed by atoms with Gasteiger partial charge in [-0.15, -0.1) is 17.9 Å². The standard InChI is InChI=1S/C20H20N6O4S2/c1-2-5-26-18(29)13-4-3-12(10-14(13)21-19(26)31)16(27)23-24-17(28)15-11-32-20(22-15)25-6-8-30-9-7-25/h2-4,10-11H,1,5-9H2,(H,21,31)(H,23,27)(H,24,28). The summed E-state index contributed by atoms with van der Waals surface area (Å²) in [6.45, 7) is 6.57. The van der Waals surface area contributed by atoms with Crippen molar-refractivity contribution >= 4 is 51.4 Å². The molecule has 0 unspecified atom stereocenters. The first-order valence-corrected chi connectivity index (χ1v) is 11.0. The van der Waals surface area contributed by atoms with E-state index in [-0.39, 0.29) is 28.1 Å². The number of rotatable bonds is 5. The Morgan fingerprint density at radius 2 is 2.03 bits per heavy atom. The molecule has 1 aliphatic rings. The SMILES string of the molecule is C=CCn1c(=S)[nH]c2cc(C(=O)NNC(=O)c3csc(N4CCOCC4)n3)ccc2c1=O. The van der Waals surface area contributed by atoms with Gasteiger partial charge >= 0.3 is 0 Å². The number of anilines is 1. The van der Waals surface area contributed by atoms with E-state index in [4.69, 9.17) is 17.0 Å². The van der Waals surface area contributed by atoms with Gasteiger partial charge in [-0.3, -0.25) is 29.8 Å². The maximum atomic E-state index is 12.6. The van der Waals surface area contributed by atoms with Gasteiger partial charge in [0.05, 0.1) is 24.1 Å². The molecule has 0 radical (unpaired) electrons. The van der Waals surface area contributed by atoms with Crippen LogP contribution in [0.15, 0.2) is 41.0 Å². The Morgan fingerprint density at radius 3 is 2.78 bits per heavy atom. The number of nitrogens with one attached hydrogen (secondary N) is 3. The molecule has 1 fully saturated rings. The molecule has 32 heavy (non-hydrogen) atoms. The highest BCUT2D eigenvalue weighted by molar-refractivity contribution is 7.71. The number of allylic oxidation sites excluding steroid dienone is 1. The van der Waals surface area contributed by atoms with Crippen molar-refractivity contribution in [1.82, 2.24) is 25.4 Å². The number of amides is 2. The Balaban J connectivity index is 1.44. The molecule has 1 aromatic carbocycles. The molecular formula is C20H20N6O4S2. The van der Waals surface area contributed by atoms with Crippen molar-refractivity contribution in [3.8, 4) is 0 Å². The average molecular weight is 473 g/mol. The third kappa shape index (κ3) is 4.47. The molecule has 4 rings (SSSR count). The molecule has 0 saturated carbocycles. The minimum atomic E-state index is -0.543. The number of fused-ring (bicyclic) bond motifs is 1. The van der Waals surface area contributed by atoms with Crippen LogP contribution in [0.25, 0.3) is 10.9 Å². The first-order valence-electron chi connectivity index (χ1n) is 9.74. The Morgan fingerprint density at radius 1 is 1.28 bits per heavy atom. The molecule has 3 aromatic rings. The molecule has 0 aliphatic carbocycles. The molecule has 3 N–H and O–H groups in total. The largest absolute Gasteiger partial charge is 0.378 e. The lowest BCUT2D eigenvalue weighted by Gasteiger charge is -2.25. The Kier molecular flexibility index (Phi) is 6.44. The lowest BCUT2D eigenvalue weighted by atomic mass is 10.1. The van der Waals surface area contributed by atoms with Crippen molar-refractivity contribution in [1.29, 1.82) is 0 Å². The Hall–Kier alpha value is -3.35. The maximum absolute atomic E-state index is 12.6. The molecule has 3 heterocycles. The van der Waals surface area contributed by atoms with Gasteiger partial charge in [0.15, 0.2) is 9.90 Å². The monoisotopic (exact) mass is 472 g/mol. The third-order valence-electron chi connectivity index (χ3n) is 4.85. The van der Waals surface area contributed by atoms with E-state index < -0.39 is 11.8 Å². The van der Waals surface area contributed by atoms with Crippen LogP contribution in [0, 0.1) is 4.77 Å². The van der Waals surface area contributed by atoms with Crippen LogP contribution in [-0.4, -0.2) is 52.7 Å². The summed E-state index contributed by atoms with van der Waals surface area (Å²) < 4.78 is 6.92. The van der Waals surface area contributed by atoms with Crippen molar-refractivity contribution in [3.63, 3.8) is 0 Å². The fraction of sp³-hybridized carbons (Fsp3) is 0.250. The van der Waals surface area contributed by atoms with Gasteiger partial charge in [0.25, 0.3) is 17.4 Å². The van der Waals surface area contributed by atoms with Crippen molar-refractivity contribution in [2.45, 2.75) is 6.54 Å². The predicted molar refractivity (Wildman–Crippen MR) is 124 cm³/mol. The van der Waals surface area contributed by atoms with E-state index in [9.17, 15) is 14.4 Å². The van der Waals surface area contributed by atoms with Crippen molar-refractivity contribution in [2.75, 3.05) is 31.2 Å². The van der Waals surface area contributed by atoms with Crippen LogP contribution in [0.5, 0.6) is 0 Å². The number of nitrogens with zero attached hydrogens (tertiary/aromatic N) is 3. The summed E-state index contributed by atoms with van der Waals surface area (Å²) >= 11 is 6.57. The van der Waals surface area contributed by atoms with E-state index in [1.165, 1.54) is 34.1 Å². The molecule has 1 saturated heterocycles. The molecule has 0 bridgehead atoms. The van der Waals surface area contributed by atoms with Crippen LogP contribution in [0.2, 0.25) is 0 Å². The Labute approximate surface area is 191 Å². The zero-order valence-corrected chi connectivity index (χ0v) is 18.6. The number of hydrogen-bond acceptors (Lipinski definition) is 8. The fourth-order valence-corrected chi connectivity index (χ4v) is 4.34. The number of aromatic amines is 1. The first-order chi connectivity index (χ1) is 15.5. The van der Waals surface area contributed by atoms with E-state index >= 15 is 0 Å². The molecular weight excluding hydrogens is 452 g/mol. The second-order valence-corrected chi connectivity index (χ2v) is 8.14. The lowest BCUT2D eigenvalue weighted by molar-refractivity contribution is 0.0844. The molecule has 10 nitrogen and oxygen atoms in total. The summed E-state index contributed by atoms with van der Waals surface area (Å²) in [4.78, 5) is 46.8. The van der Waals surface area contributed by atoms with Crippen LogP contribution < -0.4 is 21.3 Å². The number of carbonyl (C=O) groups is 2. The molecule has 166 valence electrons. The summed E-state index contributed by atoms with van der Waals surface area (Å²) in [5.74, 6) is -1.07. The van der Waals surface area contributed by atoms with Crippen LogP contribution in [0.3, 0.4) is 0 Å². The topological polar surface area (TPSA) is 121 Å². The quantitative estimate of drug-likeness (QED) is 0.293. The van der Waals surface area contributed by atoms with Gasteiger partial charge in [0, 0.05) is 30.6 Å². The minimum absolute atomic E-state index is 0.210. The molecule has 0 atom stereocenters.